The van der Waals surface area contributed by atoms with Gasteiger partial charge in [0, 0.05) is 0 Å². The molecule has 0 saturated carbocycles. The van der Waals surface area contributed by atoms with E-state index in [1.807, 2.05) is 5.32 Å². The number of hydrogen-bond donors (Lipinski definition) is 2. The summed E-state index contributed by atoms with van der Waals surface area (Å²) in [5.41, 5.74) is 0. The predicted molar refractivity (Wildman–Crippen MR) is 40.5 cm³/mol. The van der Waals surface area contributed by atoms with Crippen LogP contribution < -0.4 is 5.32 Å². The van der Waals surface area contributed by atoms with Crippen molar-refractivity contribution in [1.82, 2.24) is 5.32 Å². The van der Waals surface area contributed by atoms with Crippen molar-refractivity contribution in [3.05, 3.63) is 12.7 Å². The lowest BCUT2D eigenvalue weighted by molar-refractivity contribution is -0.139. The normalized spacial score (nSPS) is 11.6. The Bertz CT molecular complexity index is 181. The van der Waals surface area contributed by atoms with Crippen LogP contribution in [0.2, 0.25) is 0 Å². The van der Waals surface area contributed by atoms with Crippen molar-refractivity contribution in [3.8, 4) is 0 Å². The second kappa shape index (κ2) is 4.54. The van der Waals surface area contributed by atoms with Crippen LogP contribution in [0.4, 0.5) is 4.79 Å². The Balaban J connectivity index is 3.99. The lowest BCUT2D eigenvalue weighted by atomic mass is 10.1. The van der Waals surface area contributed by atoms with E-state index in [0.717, 1.165) is 0 Å². The van der Waals surface area contributed by atoms with Crippen LogP contribution in [0.1, 0.15) is 6.42 Å². The first kappa shape index (κ1) is 9.74. The van der Waals surface area contributed by atoms with Gasteiger partial charge in [-0.15, -0.1) is 6.58 Å². The van der Waals surface area contributed by atoms with Crippen LogP contribution >= 0.6 is 0 Å². The van der Waals surface area contributed by atoms with Crippen molar-refractivity contribution in [2.45, 2.75) is 12.5 Å². The van der Waals surface area contributed by atoms with Crippen LogP contribution in [-0.2, 0) is 4.79 Å². The number of carbonyl (C=O) groups excluding carboxylic acids is 1. The molecule has 1 unspecified atom stereocenters. The number of carbonyl (C=O) groups is 2. The summed E-state index contributed by atoms with van der Waals surface area (Å²) in [6, 6.07) is -0.968. The van der Waals surface area contributed by atoms with Crippen LogP contribution in [0.3, 0.4) is 0 Å². The maximum atomic E-state index is 10.3. The number of amides is 1. The van der Waals surface area contributed by atoms with E-state index in [-0.39, 0.29) is 6.42 Å². The Morgan fingerprint density at radius 3 is 2.55 bits per heavy atom. The lowest BCUT2D eigenvalue weighted by Gasteiger charge is -2.09. The van der Waals surface area contributed by atoms with Gasteiger partial charge in [0.2, 0.25) is 7.85 Å². The molecule has 58 valence electrons. The van der Waals surface area contributed by atoms with Gasteiger partial charge >= 0.3 is 5.97 Å². The molecule has 0 aliphatic carbocycles. The van der Waals surface area contributed by atoms with Gasteiger partial charge in [-0.3, -0.25) is 4.79 Å². The lowest BCUT2D eigenvalue weighted by Crippen LogP contribution is -2.39. The second-order valence-corrected chi connectivity index (χ2v) is 1.92. The first-order valence-electron chi connectivity index (χ1n) is 2.97. The van der Waals surface area contributed by atoms with Gasteiger partial charge in [0.15, 0.2) is 5.81 Å². The van der Waals surface area contributed by atoms with E-state index in [1.165, 1.54) is 6.08 Å². The third kappa shape index (κ3) is 4.19. The van der Waals surface area contributed by atoms with Crippen molar-refractivity contribution in [2.24, 2.45) is 0 Å². The molecule has 0 spiro atoms. The molecule has 0 aromatic heterocycles. The second-order valence-electron chi connectivity index (χ2n) is 1.92. The highest BCUT2D eigenvalue weighted by atomic mass is 16.4. The van der Waals surface area contributed by atoms with Gasteiger partial charge in [0.25, 0.3) is 0 Å². The average molecular weight is 153 g/mol. The topological polar surface area (TPSA) is 66.4 Å². The Kier molecular flexibility index (Phi) is 4.03. The molecule has 5 heteroatoms. The van der Waals surface area contributed by atoms with E-state index >= 15 is 0 Å². The molecule has 0 heterocycles. The highest BCUT2D eigenvalue weighted by Crippen LogP contribution is 1.92. The maximum absolute atomic E-state index is 10.3. The van der Waals surface area contributed by atoms with Crippen molar-refractivity contribution in [2.75, 3.05) is 0 Å². The fraction of sp³-hybridized carbons (Fsp3) is 0.333. The average Bonchev–Trinajstić information content (AvgIpc) is 1.86. The summed E-state index contributed by atoms with van der Waals surface area (Å²) < 4.78 is 0. The standard InChI is InChI=1S/C6H8BNO3/c1-2-3-4(5(9)10)8-6(7)11/h2,4H,1,3H2,(H,8,11)(H,9,10). The zero-order valence-electron chi connectivity index (χ0n) is 5.91. The van der Waals surface area contributed by atoms with E-state index in [4.69, 9.17) is 13.0 Å². The van der Waals surface area contributed by atoms with E-state index in [0.29, 0.717) is 0 Å². The van der Waals surface area contributed by atoms with Crippen molar-refractivity contribution >= 4 is 19.6 Å². The van der Waals surface area contributed by atoms with Crippen LogP contribution in [0.25, 0.3) is 0 Å². The molecular formula is C6H8BNO3. The molecule has 0 aliphatic rings. The van der Waals surface area contributed by atoms with E-state index in [1.54, 1.807) is 0 Å². The van der Waals surface area contributed by atoms with Crippen molar-refractivity contribution < 1.29 is 14.7 Å². The largest absolute Gasteiger partial charge is 0.480 e. The molecule has 0 saturated heterocycles. The van der Waals surface area contributed by atoms with Gasteiger partial charge in [-0.05, 0) is 6.42 Å². The highest BCUT2D eigenvalue weighted by Gasteiger charge is 2.15. The number of nitrogens with one attached hydrogen (secondary N) is 1. The first-order chi connectivity index (χ1) is 5.07. The zero-order chi connectivity index (χ0) is 8.85. The maximum Gasteiger partial charge on any atom is 0.326 e. The highest BCUT2D eigenvalue weighted by molar-refractivity contribution is 6.57. The molecule has 11 heavy (non-hydrogen) atoms. The smallest absolute Gasteiger partial charge is 0.326 e. The van der Waals surface area contributed by atoms with Crippen molar-refractivity contribution in [3.63, 3.8) is 0 Å². The van der Waals surface area contributed by atoms with E-state index < -0.39 is 17.8 Å². The molecule has 0 aromatic carbocycles. The Labute approximate surface area is 65.7 Å². The van der Waals surface area contributed by atoms with Gasteiger partial charge < -0.3 is 10.4 Å². The van der Waals surface area contributed by atoms with Gasteiger partial charge in [-0.1, -0.05) is 6.08 Å². The minimum Gasteiger partial charge on any atom is -0.480 e. The number of rotatable bonds is 4. The summed E-state index contributed by atoms with van der Waals surface area (Å²) >= 11 is 0. The Morgan fingerprint density at radius 1 is 1.73 bits per heavy atom. The molecule has 4 nitrogen and oxygen atoms in total. The molecule has 1 atom stereocenters. The minimum absolute atomic E-state index is 0.165. The molecule has 2 radical (unpaired) electrons. The van der Waals surface area contributed by atoms with Gasteiger partial charge in [0.1, 0.15) is 6.04 Å². The fourth-order valence-electron chi connectivity index (χ4n) is 0.560. The third-order valence-corrected chi connectivity index (χ3v) is 1.02. The number of carboxylic acids is 1. The van der Waals surface area contributed by atoms with Crippen LogP contribution in [0.15, 0.2) is 12.7 Å². The zero-order valence-corrected chi connectivity index (χ0v) is 5.91. The number of carboxylic acid groups (broad SMARTS) is 1. The predicted octanol–water partition coefficient (Wildman–Crippen LogP) is -0.106. The summed E-state index contributed by atoms with van der Waals surface area (Å²) in [4.78, 5) is 20.5. The molecular weight excluding hydrogens is 145 g/mol. The Morgan fingerprint density at radius 2 is 2.27 bits per heavy atom. The van der Waals surface area contributed by atoms with Crippen LogP contribution in [0, 0.1) is 0 Å². The van der Waals surface area contributed by atoms with Gasteiger partial charge in [0.05, 0.1) is 0 Å². The molecule has 0 rings (SSSR count). The molecule has 2 N–H and O–H groups in total. The number of hydrogen-bond acceptors (Lipinski definition) is 2. The van der Waals surface area contributed by atoms with Gasteiger partial charge in [-0.25, -0.2) is 4.79 Å². The fourth-order valence-corrected chi connectivity index (χ4v) is 0.560. The van der Waals surface area contributed by atoms with Gasteiger partial charge in [-0.2, -0.15) is 0 Å². The summed E-state index contributed by atoms with van der Waals surface area (Å²) in [7, 11) is 4.71. The summed E-state index contributed by atoms with van der Waals surface area (Å²) in [5.74, 6) is -1.97. The number of aliphatic carboxylic acids is 1. The SMILES string of the molecule is [B]C(=O)NC(CC=C)C(=O)O. The van der Waals surface area contributed by atoms with Crippen molar-refractivity contribution in [1.29, 1.82) is 0 Å². The molecule has 0 aliphatic heterocycles. The quantitative estimate of drug-likeness (QED) is 0.437. The minimum atomic E-state index is -1.12. The molecule has 0 aromatic rings. The monoisotopic (exact) mass is 153 g/mol. The van der Waals surface area contributed by atoms with E-state index in [2.05, 4.69) is 6.58 Å². The summed E-state index contributed by atoms with van der Waals surface area (Å²) in [5, 5.41) is 10.5. The molecule has 0 bridgehead atoms. The Hall–Kier alpha value is -1.26. The third-order valence-electron chi connectivity index (χ3n) is 1.02. The summed E-state index contributed by atoms with van der Waals surface area (Å²) in [6.07, 6.45) is 1.56. The summed E-state index contributed by atoms with van der Waals surface area (Å²) in [6.45, 7) is 3.33. The molecule has 1 amide bonds. The first-order valence-corrected chi connectivity index (χ1v) is 2.97. The van der Waals surface area contributed by atoms with E-state index in [9.17, 15) is 9.59 Å². The van der Waals surface area contributed by atoms with Crippen LogP contribution in [0.5, 0.6) is 0 Å². The molecule has 0 fully saturated rings. The van der Waals surface area contributed by atoms with Crippen LogP contribution in [-0.4, -0.2) is 30.8 Å².